The molecule has 0 bridgehead atoms. The van der Waals surface area contributed by atoms with Gasteiger partial charge >= 0.3 is 0 Å². The van der Waals surface area contributed by atoms with E-state index in [0.29, 0.717) is 19.4 Å². The predicted molar refractivity (Wildman–Crippen MR) is 175 cm³/mol. The lowest BCUT2D eigenvalue weighted by Gasteiger charge is -2.36. The molecule has 238 valence electrons. The Morgan fingerprint density at radius 3 is 2.42 bits per heavy atom. The van der Waals surface area contributed by atoms with Crippen molar-refractivity contribution < 1.29 is 19.2 Å². The van der Waals surface area contributed by atoms with Crippen molar-refractivity contribution in [1.29, 1.82) is 0 Å². The summed E-state index contributed by atoms with van der Waals surface area (Å²) in [6, 6.07) is 16.7. The SMILES string of the molecule is C/C=C/c1ccc2ccc([C@@H](C)NC(=O)[C@@H]3CCCN(C(=O)[C@H](Cc4ccccc4)NC(=O)[C@@H](NC(C)=O)C(C)C)N3)nc2c1. The lowest BCUT2D eigenvalue weighted by Crippen LogP contribution is -2.62. The van der Waals surface area contributed by atoms with Crippen LogP contribution in [-0.4, -0.2) is 58.3 Å². The topological polar surface area (TPSA) is 133 Å². The average molecular weight is 613 g/mol. The normalized spacial score (nSPS) is 17.1. The molecule has 4 rings (SSSR count). The molecule has 0 unspecified atom stereocenters. The Bertz CT molecular complexity index is 1540. The van der Waals surface area contributed by atoms with Gasteiger partial charge in [0.05, 0.1) is 17.3 Å². The molecule has 1 aliphatic heterocycles. The third-order valence-electron chi connectivity index (χ3n) is 7.87. The smallest absolute Gasteiger partial charge is 0.259 e. The molecule has 1 fully saturated rings. The summed E-state index contributed by atoms with van der Waals surface area (Å²) in [5.41, 5.74) is 6.62. The molecule has 0 spiro atoms. The van der Waals surface area contributed by atoms with E-state index >= 15 is 0 Å². The number of fused-ring (bicyclic) bond motifs is 1. The van der Waals surface area contributed by atoms with E-state index in [1.54, 1.807) is 0 Å². The fourth-order valence-electron chi connectivity index (χ4n) is 5.46. The van der Waals surface area contributed by atoms with Gasteiger partial charge in [0.1, 0.15) is 18.1 Å². The maximum absolute atomic E-state index is 13.9. The molecule has 10 nitrogen and oxygen atoms in total. The van der Waals surface area contributed by atoms with Crippen molar-refractivity contribution in [3.63, 3.8) is 0 Å². The first-order chi connectivity index (χ1) is 21.5. The lowest BCUT2D eigenvalue weighted by atomic mass is 10.0. The van der Waals surface area contributed by atoms with Crippen molar-refractivity contribution in [2.45, 2.75) is 78.0 Å². The van der Waals surface area contributed by atoms with Crippen molar-refractivity contribution in [3.05, 3.63) is 83.6 Å². The van der Waals surface area contributed by atoms with E-state index in [-0.39, 0.29) is 36.1 Å². The molecule has 0 aliphatic carbocycles. The zero-order valence-electron chi connectivity index (χ0n) is 26.7. The van der Waals surface area contributed by atoms with Crippen LogP contribution in [0.1, 0.15) is 70.3 Å². The highest BCUT2D eigenvalue weighted by atomic mass is 16.2. The maximum atomic E-state index is 13.9. The maximum Gasteiger partial charge on any atom is 0.259 e. The molecule has 45 heavy (non-hydrogen) atoms. The number of nitrogens with one attached hydrogen (secondary N) is 4. The van der Waals surface area contributed by atoms with Crippen LogP contribution < -0.4 is 21.4 Å². The van der Waals surface area contributed by atoms with Gasteiger partial charge in [-0.3, -0.25) is 29.2 Å². The second-order valence-corrected chi connectivity index (χ2v) is 11.9. The van der Waals surface area contributed by atoms with Crippen molar-refractivity contribution >= 4 is 40.6 Å². The number of benzene rings is 2. The molecule has 2 aromatic carbocycles. The van der Waals surface area contributed by atoms with Crippen LogP contribution in [0, 0.1) is 5.92 Å². The quantitative estimate of drug-likeness (QED) is 0.260. The lowest BCUT2D eigenvalue weighted by molar-refractivity contribution is -0.143. The van der Waals surface area contributed by atoms with Crippen LogP contribution >= 0.6 is 0 Å². The third-order valence-corrected chi connectivity index (χ3v) is 7.87. The fraction of sp³-hybridized carbons (Fsp3) is 0.400. The van der Waals surface area contributed by atoms with Crippen LogP contribution in [0.2, 0.25) is 0 Å². The van der Waals surface area contributed by atoms with Gasteiger partial charge in [0.15, 0.2) is 0 Å². The number of hydrogen-bond donors (Lipinski definition) is 4. The summed E-state index contributed by atoms with van der Waals surface area (Å²) in [4.78, 5) is 57.1. The Hall–Kier alpha value is -4.57. The number of hydrogen-bond acceptors (Lipinski definition) is 6. The van der Waals surface area contributed by atoms with Crippen molar-refractivity contribution in [2.24, 2.45) is 5.92 Å². The Morgan fingerprint density at radius 2 is 1.73 bits per heavy atom. The van der Waals surface area contributed by atoms with Gasteiger partial charge in [0.25, 0.3) is 5.91 Å². The third kappa shape index (κ3) is 8.98. The van der Waals surface area contributed by atoms with Gasteiger partial charge in [-0.2, -0.15) is 0 Å². The first-order valence-corrected chi connectivity index (χ1v) is 15.6. The molecular weight excluding hydrogens is 568 g/mol. The second-order valence-electron chi connectivity index (χ2n) is 11.9. The first kappa shape index (κ1) is 33.3. The second kappa shape index (κ2) is 15.4. The number of hydrazine groups is 1. The molecule has 0 saturated carbocycles. The monoisotopic (exact) mass is 612 g/mol. The highest BCUT2D eigenvalue weighted by Gasteiger charge is 2.34. The van der Waals surface area contributed by atoms with Gasteiger partial charge in [0, 0.05) is 25.3 Å². The Morgan fingerprint density at radius 1 is 1.00 bits per heavy atom. The predicted octanol–water partition coefficient (Wildman–Crippen LogP) is 3.83. The van der Waals surface area contributed by atoms with Crippen LogP contribution in [0.25, 0.3) is 17.0 Å². The summed E-state index contributed by atoms with van der Waals surface area (Å²) in [7, 11) is 0. The average Bonchev–Trinajstić information content (AvgIpc) is 3.03. The molecule has 1 aromatic heterocycles. The van der Waals surface area contributed by atoms with E-state index in [4.69, 9.17) is 4.98 Å². The molecular formula is C35H44N6O4. The summed E-state index contributed by atoms with van der Waals surface area (Å²) in [6.07, 6.45) is 5.41. The number of pyridine rings is 1. The molecule has 3 aromatic rings. The number of allylic oxidation sites excluding steroid dienone is 1. The van der Waals surface area contributed by atoms with Gasteiger partial charge in [-0.1, -0.05) is 74.5 Å². The summed E-state index contributed by atoms with van der Waals surface area (Å²) < 4.78 is 0. The van der Waals surface area contributed by atoms with E-state index in [1.165, 1.54) is 11.9 Å². The minimum Gasteiger partial charge on any atom is -0.347 e. The fourth-order valence-corrected chi connectivity index (χ4v) is 5.46. The Labute approximate surface area is 265 Å². The standard InChI is InChI=1S/C35H44N6O4/c1-6-11-25-15-16-27-17-18-28(38-30(27)20-25)23(4)36-33(43)29-14-10-19-41(40-29)35(45)31(21-26-12-8-7-9-13-26)39-34(44)32(22(2)3)37-24(5)42/h6-9,11-13,15-18,20,22-23,29,31-32,40H,10,14,19,21H2,1-5H3,(H,36,43)(H,37,42)(H,39,44)/b11-6+/t23-,29+,31+,32+/m1/s1. The van der Waals surface area contributed by atoms with Crippen molar-refractivity contribution in [3.8, 4) is 0 Å². The number of aromatic nitrogens is 1. The summed E-state index contributed by atoms with van der Waals surface area (Å²) >= 11 is 0. The van der Waals surface area contributed by atoms with Crippen molar-refractivity contribution in [2.75, 3.05) is 6.54 Å². The highest BCUT2D eigenvalue weighted by Crippen LogP contribution is 2.20. The number of carbonyl (C=O) groups is 4. The van der Waals surface area contributed by atoms with Crippen LogP contribution in [0.15, 0.2) is 66.7 Å². The van der Waals surface area contributed by atoms with E-state index in [0.717, 1.165) is 27.7 Å². The van der Waals surface area contributed by atoms with E-state index < -0.39 is 24.0 Å². The van der Waals surface area contributed by atoms with Crippen LogP contribution in [0.3, 0.4) is 0 Å². The Balaban J connectivity index is 1.46. The van der Waals surface area contributed by atoms with Crippen LogP contribution in [-0.2, 0) is 25.6 Å². The zero-order valence-corrected chi connectivity index (χ0v) is 26.7. The van der Waals surface area contributed by atoms with E-state index in [9.17, 15) is 19.2 Å². The molecule has 0 radical (unpaired) electrons. The molecule has 4 amide bonds. The highest BCUT2D eigenvalue weighted by molar-refractivity contribution is 5.92. The van der Waals surface area contributed by atoms with Gasteiger partial charge in [0.2, 0.25) is 17.7 Å². The molecule has 2 heterocycles. The summed E-state index contributed by atoms with van der Waals surface area (Å²) in [5, 5.41) is 11.1. The van der Waals surface area contributed by atoms with Crippen LogP contribution in [0.5, 0.6) is 0 Å². The van der Waals surface area contributed by atoms with Gasteiger partial charge in [-0.05, 0) is 55.9 Å². The number of amides is 4. The first-order valence-electron chi connectivity index (χ1n) is 15.6. The molecule has 1 saturated heterocycles. The molecule has 10 heteroatoms. The summed E-state index contributed by atoms with van der Waals surface area (Å²) in [5.74, 6) is -1.53. The zero-order chi connectivity index (χ0) is 32.5. The molecule has 4 N–H and O–H groups in total. The minimum atomic E-state index is -0.905. The van der Waals surface area contributed by atoms with Gasteiger partial charge < -0.3 is 16.0 Å². The van der Waals surface area contributed by atoms with Crippen molar-refractivity contribution in [1.82, 2.24) is 31.4 Å². The largest absolute Gasteiger partial charge is 0.347 e. The summed E-state index contributed by atoms with van der Waals surface area (Å²) in [6.45, 7) is 9.27. The molecule has 4 atom stereocenters. The Kier molecular flexibility index (Phi) is 11.4. The number of rotatable bonds is 11. The number of carbonyl (C=O) groups excluding carboxylic acids is 4. The molecule has 1 aliphatic rings. The van der Waals surface area contributed by atoms with E-state index in [1.807, 2.05) is 101 Å². The minimum absolute atomic E-state index is 0.183. The van der Waals surface area contributed by atoms with Crippen LogP contribution in [0.4, 0.5) is 0 Å². The van der Waals surface area contributed by atoms with Gasteiger partial charge in [-0.15, -0.1) is 0 Å². The number of nitrogens with zero attached hydrogens (tertiary/aromatic N) is 2. The van der Waals surface area contributed by atoms with Gasteiger partial charge in [-0.25, -0.2) is 5.43 Å². The van der Waals surface area contributed by atoms with E-state index in [2.05, 4.69) is 21.4 Å².